The molecule has 0 aliphatic carbocycles. The monoisotopic (exact) mass is 385 g/mol. The third kappa shape index (κ3) is 2.85. The summed E-state index contributed by atoms with van der Waals surface area (Å²) in [5, 5.41) is 13.4. The Morgan fingerprint density at radius 1 is 1.46 bits per heavy atom. The lowest BCUT2D eigenvalue weighted by atomic mass is 10.0. The molecule has 0 saturated heterocycles. The van der Waals surface area contributed by atoms with Crippen molar-refractivity contribution < 1.29 is 9.90 Å². The van der Waals surface area contributed by atoms with Gasteiger partial charge in [0.25, 0.3) is 0 Å². The molecule has 7 heteroatoms. The quantitative estimate of drug-likeness (QED) is 0.696. The number of imidazole rings is 1. The topological polar surface area (TPSA) is 67.5 Å². The summed E-state index contributed by atoms with van der Waals surface area (Å²) in [5.41, 5.74) is 1.73. The van der Waals surface area contributed by atoms with Crippen molar-refractivity contribution in [2.75, 3.05) is 0 Å². The van der Waals surface area contributed by atoms with E-state index in [0.717, 1.165) is 27.9 Å². The largest absolute Gasteiger partial charge is 0.477 e. The molecule has 1 aliphatic rings. The molecule has 5 nitrogen and oxygen atoms in total. The van der Waals surface area contributed by atoms with Crippen molar-refractivity contribution in [3.63, 3.8) is 0 Å². The van der Waals surface area contributed by atoms with E-state index in [-0.39, 0.29) is 11.6 Å². The summed E-state index contributed by atoms with van der Waals surface area (Å²) >= 11 is 8.01. The van der Waals surface area contributed by atoms with Crippen molar-refractivity contribution in [2.45, 2.75) is 25.8 Å². The van der Waals surface area contributed by atoms with Gasteiger partial charge in [0.1, 0.15) is 5.82 Å². The van der Waals surface area contributed by atoms with Crippen LogP contribution in [0.1, 0.15) is 39.9 Å². The molecule has 26 heavy (non-hydrogen) atoms. The van der Waals surface area contributed by atoms with Gasteiger partial charge in [0.2, 0.25) is 0 Å². The van der Waals surface area contributed by atoms with Crippen LogP contribution in [0.3, 0.4) is 0 Å². The van der Waals surface area contributed by atoms with Crippen molar-refractivity contribution in [3.8, 4) is 0 Å². The molecule has 1 aliphatic heterocycles. The van der Waals surface area contributed by atoms with Crippen LogP contribution >= 0.6 is 22.9 Å². The van der Waals surface area contributed by atoms with Gasteiger partial charge in [-0.25, -0.2) is 9.78 Å². The number of aryl methyl sites for hydroxylation is 1. The average molecular weight is 386 g/mol. The predicted molar refractivity (Wildman–Crippen MR) is 105 cm³/mol. The molecular weight excluding hydrogens is 370 g/mol. The van der Waals surface area contributed by atoms with Gasteiger partial charge < -0.3 is 9.67 Å². The number of benzene rings is 1. The number of thiophene rings is 1. The molecule has 1 aromatic carbocycles. The number of carbonyl (C=O) groups is 1. The van der Waals surface area contributed by atoms with E-state index >= 15 is 0 Å². The number of halogens is 1. The molecule has 0 fully saturated rings. The number of hydrogen-bond donors (Lipinski definition) is 1. The second-order valence-electron chi connectivity index (χ2n) is 6.19. The zero-order valence-electron chi connectivity index (χ0n) is 14.0. The standard InChI is InChI=1S/C19H16ClN3O2S/c1-11-17(19(24)25)23(18(22-11)12-4-3-7-21-8-12)9-13-10-26-15-6-2-5-14(20)16(13)15/h2-3,5-8,10,12H,4,9H2,1H3,(H,24,25). The van der Waals surface area contributed by atoms with Gasteiger partial charge in [0.15, 0.2) is 5.69 Å². The van der Waals surface area contributed by atoms with Crippen molar-refractivity contribution in [3.05, 3.63) is 63.7 Å². The van der Waals surface area contributed by atoms with Gasteiger partial charge >= 0.3 is 5.97 Å². The van der Waals surface area contributed by atoms with E-state index in [4.69, 9.17) is 11.6 Å². The Morgan fingerprint density at radius 2 is 2.31 bits per heavy atom. The number of rotatable bonds is 4. The van der Waals surface area contributed by atoms with Crippen LogP contribution in [-0.4, -0.2) is 26.8 Å². The number of hydrogen-bond acceptors (Lipinski definition) is 4. The highest BCUT2D eigenvalue weighted by atomic mass is 35.5. The van der Waals surface area contributed by atoms with E-state index in [2.05, 4.69) is 9.98 Å². The minimum Gasteiger partial charge on any atom is -0.477 e. The number of nitrogens with zero attached hydrogens (tertiary/aromatic N) is 3. The number of aromatic carboxylic acids is 1. The van der Waals surface area contributed by atoms with Crippen LogP contribution < -0.4 is 0 Å². The molecule has 0 spiro atoms. The third-order valence-corrected chi connectivity index (χ3v) is 5.82. The SMILES string of the molecule is Cc1nc(C2C=NC=CC2)n(Cc2csc3cccc(Cl)c23)c1C(=O)O. The fourth-order valence-corrected chi connectivity index (χ4v) is 4.69. The number of carboxylic acids is 1. The molecule has 0 radical (unpaired) electrons. The Labute approximate surface area is 159 Å². The summed E-state index contributed by atoms with van der Waals surface area (Å²) in [6.45, 7) is 2.15. The smallest absolute Gasteiger partial charge is 0.354 e. The number of aliphatic imine (C=N–C) groups is 1. The lowest BCUT2D eigenvalue weighted by molar-refractivity contribution is 0.0684. The summed E-state index contributed by atoms with van der Waals surface area (Å²) in [6, 6.07) is 5.80. The molecule has 0 amide bonds. The third-order valence-electron chi connectivity index (χ3n) is 4.51. The molecule has 0 bridgehead atoms. The van der Waals surface area contributed by atoms with Crippen LogP contribution in [0.15, 0.2) is 40.8 Å². The van der Waals surface area contributed by atoms with E-state index < -0.39 is 5.97 Å². The van der Waals surface area contributed by atoms with E-state index in [1.807, 2.05) is 35.9 Å². The zero-order chi connectivity index (χ0) is 18.3. The van der Waals surface area contributed by atoms with Crippen molar-refractivity contribution >= 4 is 45.2 Å². The Kier molecular flexibility index (Phi) is 4.38. The molecule has 4 rings (SSSR count). The van der Waals surface area contributed by atoms with Gasteiger partial charge in [-0.15, -0.1) is 11.3 Å². The lowest BCUT2D eigenvalue weighted by Gasteiger charge is -2.16. The molecule has 2 aromatic heterocycles. The number of fused-ring (bicyclic) bond motifs is 1. The summed E-state index contributed by atoms with van der Waals surface area (Å²) < 4.78 is 2.88. The Bertz CT molecular complexity index is 1060. The van der Waals surface area contributed by atoms with Crippen LogP contribution in [0.2, 0.25) is 5.02 Å². The molecule has 1 unspecified atom stereocenters. The van der Waals surface area contributed by atoms with E-state index in [9.17, 15) is 9.90 Å². The minimum atomic E-state index is -0.977. The zero-order valence-corrected chi connectivity index (χ0v) is 15.6. The molecule has 1 atom stereocenters. The molecule has 0 saturated carbocycles. The average Bonchev–Trinajstić information content (AvgIpc) is 3.18. The molecular formula is C19H16ClN3O2S. The molecule has 3 aromatic rings. The first-order valence-electron chi connectivity index (χ1n) is 8.19. The maximum atomic E-state index is 11.9. The van der Waals surface area contributed by atoms with Crippen LogP contribution in [0.5, 0.6) is 0 Å². The summed E-state index contributed by atoms with van der Waals surface area (Å²) in [6.07, 6.45) is 6.30. The van der Waals surface area contributed by atoms with Crippen LogP contribution in [0.4, 0.5) is 0 Å². The maximum Gasteiger partial charge on any atom is 0.354 e. The van der Waals surface area contributed by atoms with Crippen molar-refractivity contribution in [1.82, 2.24) is 9.55 Å². The van der Waals surface area contributed by atoms with E-state index in [1.54, 1.807) is 29.0 Å². The van der Waals surface area contributed by atoms with Gasteiger partial charge in [0.05, 0.1) is 18.2 Å². The first kappa shape index (κ1) is 17.0. The number of aromatic nitrogens is 2. The fraction of sp³-hybridized carbons (Fsp3) is 0.211. The van der Waals surface area contributed by atoms with Gasteiger partial charge in [-0.05, 0) is 36.4 Å². The first-order valence-corrected chi connectivity index (χ1v) is 9.45. The first-order chi connectivity index (χ1) is 12.6. The fourth-order valence-electron chi connectivity index (χ4n) is 3.36. The summed E-state index contributed by atoms with van der Waals surface area (Å²) in [7, 11) is 0. The van der Waals surface area contributed by atoms with Gasteiger partial charge in [-0.2, -0.15) is 0 Å². The van der Waals surface area contributed by atoms with Crippen LogP contribution in [0.25, 0.3) is 10.1 Å². The van der Waals surface area contributed by atoms with Gasteiger partial charge in [-0.1, -0.05) is 23.7 Å². The Morgan fingerprint density at radius 3 is 3.04 bits per heavy atom. The molecule has 1 N–H and O–H groups in total. The summed E-state index contributed by atoms with van der Waals surface area (Å²) in [5.74, 6) is -0.290. The van der Waals surface area contributed by atoms with Crippen LogP contribution in [-0.2, 0) is 6.54 Å². The van der Waals surface area contributed by atoms with E-state index in [0.29, 0.717) is 17.3 Å². The van der Waals surface area contributed by atoms with Crippen molar-refractivity contribution in [2.24, 2.45) is 4.99 Å². The van der Waals surface area contributed by atoms with Crippen LogP contribution in [0, 0.1) is 6.92 Å². The minimum absolute atomic E-state index is 0.0350. The number of carboxylic acid groups (broad SMARTS) is 1. The highest BCUT2D eigenvalue weighted by molar-refractivity contribution is 7.17. The van der Waals surface area contributed by atoms with Gasteiger partial charge in [0, 0.05) is 27.5 Å². The van der Waals surface area contributed by atoms with E-state index in [1.165, 1.54) is 0 Å². The Balaban J connectivity index is 1.85. The maximum absolute atomic E-state index is 11.9. The predicted octanol–water partition coefficient (Wildman–Crippen LogP) is 4.88. The highest BCUT2D eigenvalue weighted by Gasteiger charge is 2.25. The second kappa shape index (κ2) is 6.70. The molecule has 3 heterocycles. The second-order valence-corrected chi connectivity index (χ2v) is 7.51. The summed E-state index contributed by atoms with van der Waals surface area (Å²) in [4.78, 5) is 20.6. The highest BCUT2D eigenvalue weighted by Crippen LogP contribution is 2.34. The van der Waals surface area contributed by atoms with Crippen molar-refractivity contribution in [1.29, 1.82) is 0 Å². The normalized spacial score (nSPS) is 16.5. The van der Waals surface area contributed by atoms with Gasteiger partial charge in [-0.3, -0.25) is 4.99 Å². The lowest BCUT2D eigenvalue weighted by Crippen LogP contribution is -2.16. The Hall–Kier alpha value is -2.44. The molecule has 132 valence electrons. The number of allylic oxidation sites excluding steroid dienone is 1.